The molecule has 0 aliphatic heterocycles. The molecule has 0 aromatic carbocycles. The van der Waals surface area contributed by atoms with Crippen molar-refractivity contribution >= 4 is 5.91 Å². The second kappa shape index (κ2) is 4.96. The third-order valence-electron chi connectivity index (χ3n) is 4.33. The average Bonchev–Trinajstić information content (AvgIpc) is 3.01. The number of aryl methyl sites for hydroxylation is 1. The van der Waals surface area contributed by atoms with Crippen molar-refractivity contribution in [3.8, 4) is 0 Å². The lowest BCUT2D eigenvalue weighted by Crippen LogP contribution is -2.37. The minimum Gasteiger partial charge on any atom is -0.337 e. The molecule has 2 unspecified atom stereocenters. The summed E-state index contributed by atoms with van der Waals surface area (Å²) in [5.41, 5.74) is 5.93. The summed E-state index contributed by atoms with van der Waals surface area (Å²) in [6.07, 6.45) is 8.76. The van der Waals surface area contributed by atoms with Gasteiger partial charge in [-0.25, -0.2) is 4.98 Å². The lowest BCUT2D eigenvalue weighted by molar-refractivity contribution is -0.136. The van der Waals surface area contributed by atoms with E-state index >= 15 is 0 Å². The summed E-state index contributed by atoms with van der Waals surface area (Å²) >= 11 is 0. The molecule has 0 saturated heterocycles. The molecule has 2 fully saturated rings. The molecule has 1 amide bonds. The van der Waals surface area contributed by atoms with E-state index in [9.17, 15) is 4.79 Å². The van der Waals surface area contributed by atoms with Crippen LogP contribution in [0.1, 0.15) is 37.9 Å². The second-order valence-electron chi connectivity index (χ2n) is 5.92. The zero-order chi connectivity index (χ0) is 13.4. The van der Waals surface area contributed by atoms with E-state index in [1.165, 1.54) is 0 Å². The summed E-state index contributed by atoms with van der Waals surface area (Å²) in [5.74, 6) is 1.39. The number of carbonyl (C=O) groups is 1. The third-order valence-corrected chi connectivity index (χ3v) is 4.33. The Bertz CT molecular complexity index is 466. The van der Waals surface area contributed by atoms with E-state index in [2.05, 4.69) is 4.98 Å². The summed E-state index contributed by atoms with van der Waals surface area (Å²) in [5, 5.41) is 0. The van der Waals surface area contributed by atoms with Gasteiger partial charge in [0.2, 0.25) is 5.91 Å². The van der Waals surface area contributed by atoms with E-state index in [4.69, 9.17) is 5.73 Å². The number of hydrogen-bond donors (Lipinski definition) is 1. The predicted octanol–water partition coefficient (Wildman–Crippen LogP) is 1.04. The zero-order valence-corrected chi connectivity index (χ0v) is 11.5. The maximum absolute atomic E-state index is 12.6. The first kappa shape index (κ1) is 12.7. The van der Waals surface area contributed by atoms with Crippen LogP contribution in [0, 0.1) is 5.92 Å². The van der Waals surface area contributed by atoms with E-state index in [1.807, 2.05) is 22.7 Å². The van der Waals surface area contributed by atoms with Crippen LogP contribution in [0.3, 0.4) is 0 Å². The van der Waals surface area contributed by atoms with Crippen LogP contribution in [0.25, 0.3) is 0 Å². The van der Waals surface area contributed by atoms with Gasteiger partial charge in [0.1, 0.15) is 5.82 Å². The van der Waals surface area contributed by atoms with Crippen LogP contribution < -0.4 is 5.73 Å². The Balaban J connectivity index is 1.70. The van der Waals surface area contributed by atoms with E-state index in [0.717, 1.165) is 37.9 Å². The minimum absolute atomic E-state index is 0.135. The van der Waals surface area contributed by atoms with Crippen molar-refractivity contribution < 1.29 is 4.79 Å². The Morgan fingerprint density at radius 3 is 2.79 bits per heavy atom. The van der Waals surface area contributed by atoms with Gasteiger partial charge in [0.05, 0.1) is 6.54 Å². The van der Waals surface area contributed by atoms with Crippen LogP contribution in [0.5, 0.6) is 0 Å². The van der Waals surface area contributed by atoms with Crippen molar-refractivity contribution in [2.24, 2.45) is 18.7 Å². The number of hydrogen-bond acceptors (Lipinski definition) is 3. The molecular formula is C14H22N4O. The van der Waals surface area contributed by atoms with Crippen LogP contribution in [-0.4, -0.2) is 32.4 Å². The lowest BCUT2D eigenvalue weighted by atomic mass is 10.1. The third kappa shape index (κ3) is 2.66. The topological polar surface area (TPSA) is 64.2 Å². The number of imidazole rings is 1. The maximum atomic E-state index is 12.6. The molecule has 2 saturated carbocycles. The van der Waals surface area contributed by atoms with Crippen LogP contribution in [0.4, 0.5) is 0 Å². The van der Waals surface area contributed by atoms with Crippen molar-refractivity contribution in [1.82, 2.24) is 14.5 Å². The normalized spacial score (nSPS) is 26.6. The number of nitrogens with zero attached hydrogens (tertiary/aromatic N) is 3. The van der Waals surface area contributed by atoms with Gasteiger partial charge in [-0.1, -0.05) is 0 Å². The Morgan fingerprint density at radius 2 is 2.26 bits per heavy atom. The molecule has 2 aliphatic rings. The molecule has 0 spiro atoms. The van der Waals surface area contributed by atoms with Gasteiger partial charge < -0.3 is 15.2 Å². The van der Waals surface area contributed by atoms with Gasteiger partial charge in [0.15, 0.2) is 0 Å². The minimum atomic E-state index is 0.135. The van der Waals surface area contributed by atoms with Crippen molar-refractivity contribution in [2.45, 2.75) is 50.7 Å². The second-order valence-corrected chi connectivity index (χ2v) is 5.92. The first-order valence-electron chi connectivity index (χ1n) is 7.17. The molecule has 1 aromatic heterocycles. The number of nitrogens with two attached hydrogens (primary N) is 1. The molecule has 2 atom stereocenters. The summed E-state index contributed by atoms with van der Waals surface area (Å²) in [6, 6.07) is 0.643. The fourth-order valence-corrected chi connectivity index (χ4v) is 2.95. The molecule has 3 rings (SSSR count). The zero-order valence-electron chi connectivity index (χ0n) is 11.5. The molecule has 1 heterocycles. The van der Waals surface area contributed by atoms with Gasteiger partial charge in [0, 0.05) is 37.4 Å². The number of rotatable bonds is 4. The number of aromatic nitrogens is 2. The van der Waals surface area contributed by atoms with Crippen LogP contribution in [-0.2, 0) is 18.4 Å². The van der Waals surface area contributed by atoms with Crippen molar-refractivity contribution in [3.63, 3.8) is 0 Å². The molecule has 104 valence electrons. The van der Waals surface area contributed by atoms with Gasteiger partial charge in [-0.15, -0.1) is 0 Å². The highest BCUT2D eigenvalue weighted by molar-refractivity contribution is 5.79. The monoisotopic (exact) mass is 262 g/mol. The van der Waals surface area contributed by atoms with Gasteiger partial charge in [-0.05, 0) is 32.1 Å². The molecule has 2 aliphatic carbocycles. The highest BCUT2D eigenvalue weighted by atomic mass is 16.2. The maximum Gasteiger partial charge on any atom is 0.226 e. The number of carbonyl (C=O) groups excluding carboxylic acids is 1. The van der Waals surface area contributed by atoms with E-state index in [0.29, 0.717) is 18.5 Å². The molecular weight excluding hydrogens is 240 g/mol. The first-order chi connectivity index (χ1) is 9.15. The van der Waals surface area contributed by atoms with E-state index < -0.39 is 0 Å². The molecule has 0 bridgehead atoms. The molecule has 5 heteroatoms. The molecule has 2 N–H and O–H groups in total. The van der Waals surface area contributed by atoms with Gasteiger partial charge in [-0.3, -0.25) is 4.79 Å². The van der Waals surface area contributed by atoms with Gasteiger partial charge >= 0.3 is 0 Å². The van der Waals surface area contributed by atoms with Crippen molar-refractivity contribution in [2.75, 3.05) is 0 Å². The predicted molar refractivity (Wildman–Crippen MR) is 72.1 cm³/mol. The van der Waals surface area contributed by atoms with E-state index in [-0.39, 0.29) is 12.0 Å². The Morgan fingerprint density at radius 1 is 1.47 bits per heavy atom. The standard InChI is InChI=1S/C14H22N4O/c1-17-7-6-16-13(17)9-18(12-4-5-12)14(19)10-2-3-11(15)8-10/h6-7,10-12H,2-5,8-9,15H2,1H3. The Kier molecular flexibility index (Phi) is 3.31. The summed E-state index contributed by atoms with van der Waals surface area (Å²) in [7, 11) is 1.98. The summed E-state index contributed by atoms with van der Waals surface area (Å²) < 4.78 is 1.99. The van der Waals surface area contributed by atoms with Crippen molar-refractivity contribution in [3.05, 3.63) is 18.2 Å². The fourth-order valence-electron chi connectivity index (χ4n) is 2.95. The van der Waals surface area contributed by atoms with Crippen LogP contribution in [0.15, 0.2) is 12.4 Å². The quantitative estimate of drug-likeness (QED) is 0.881. The van der Waals surface area contributed by atoms with Gasteiger partial charge in [-0.2, -0.15) is 0 Å². The SMILES string of the molecule is Cn1ccnc1CN(C(=O)C1CCC(N)C1)C1CC1. The van der Waals surface area contributed by atoms with Gasteiger partial charge in [0.25, 0.3) is 0 Å². The highest BCUT2D eigenvalue weighted by Crippen LogP contribution is 2.33. The molecule has 1 aromatic rings. The molecule has 5 nitrogen and oxygen atoms in total. The van der Waals surface area contributed by atoms with Crippen LogP contribution in [0.2, 0.25) is 0 Å². The van der Waals surface area contributed by atoms with Crippen molar-refractivity contribution in [1.29, 1.82) is 0 Å². The lowest BCUT2D eigenvalue weighted by Gasteiger charge is -2.25. The Hall–Kier alpha value is -1.36. The highest BCUT2D eigenvalue weighted by Gasteiger charge is 2.38. The molecule has 19 heavy (non-hydrogen) atoms. The summed E-state index contributed by atoms with van der Waals surface area (Å²) in [4.78, 5) is 19.0. The average molecular weight is 262 g/mol. The van der Waals surface area contributed by atoms with E-state index in [1.54, 1.807) is 6.20 Å². The first-order valence-corrected chi connectivity index (χ1v) is 7.17. The largest absolute Gasteiger partial charge is 0.337 e. The smallest absolute Gasteiger partial charge is 0.226 e. The molecule has 0 radical (unpaired) electrons. The summed E-state index contributed by atoms with van der Waals surface area (Å²) in [6.45, 7) is 0.638. The van der Waals surface area contributed by atoms with Crippen LogP contribution >= 0.6 is 0 Å². The number of amides is 1. The fraction of sp³-hybridized carbons (Fsp3) is 0.714. The Labute approximate surface area is 113 Å².